The van der Waals surface area contributed by atoms with Gasteiger partial charge in [-0.1, -0.05) is 12.1 Å². The van der Waals surface area contributed by atoms with Gasteiger partial charge in [0.1, 0.15) is 0 Å². The molecule has 18 heavy (non-hydrogen) atoms. The van der Waals surface area contributed by atoms with E-state index in [1.165, 1.54) is 18.2 Å². The maximum absolute atomic E-state index is 12.5. The molecule has 1 aromatic carbocycles. The average Bonchev–Trinajstić information content (AvgIpc) is 2.29. The van der Waals surface area contributed by atoms with E-state index in [1.54, 1.807) is 0 Å². The van der Waals surface area contributed by atoms with Crippen LogP contribution in [0.15, 0.2) is 24.8 Å². The molecule has 1 aromatic rings. The van der Waals surface area contributed by atoms with Crippen molar-refractivity contribution in [1.82, 2.24) is 0 Å². The van der Waals surface area contributed by atoms with Crippen LogP contribution < -0.4 is 4.74 Å². The quantitative estimate of drug-likeness (QED) is 0.668. The Morgan fingerprint density at radius 2 is 2.11 bits per heavy atom. The molecule has 0 aromatic heterocycles. The van der Waals surface area contributed by atoms with Crippen molar-refractivity contribution in [2.24, 2.45) is 0 Å². The highest BCUT2D eigenvalue weighted by molar-refractivity contribution is 6.04. The molecule has 0 radical (unpaired) electrons. The summed E-state index contributed by atoms with van der Waals surface area (Å²) >= 11 is 0. The van der Waals surface area contributed by atoms with E-state index in [4.69, 9.17) is 0 Å². The third kappa shape index (κ3) is 2.64. The first-order chi connectivity index (χ1) is 8.32. The van der Waals surface area contributed by atoms with Crippen LogP contribution in [-0.4, -0.2) is 24.2 Å². The number of ether oxygens (including phenoxy) is 1. The zero-order chi connectivity index (χ0) is 13.9. The number of carbonyl (C=O) groups excluding carboxylic acids is 1. The van der Waals surface area contributed by atoms with Crippen LogP contribution in [0.25, 0.3) is 0 Å². The molecule has 0 amide bonds. The number of phenols is 1. The van der Waals surface area contributed by atoms with Crippen molar-refractivity contribution in [3.05, 3.63) is 35.9 Å². The van der Waals surface area contributed by atoms with Gasteiger partial charge >= 0.3 is 6.18 Å². The van der Waals surface area contributed by atoms with E-state index in [9.17, 15) is 23.1 Å². The van der Waals surface area contributed by atoms with Crippen LogP contribution in [-0.2, 0) is 6.42 Å². The number of carbonyl (C=O) groups is 1. The van der Waals surface area contributed by atoms with E-state index in [1.807, 2.05) is 0 Å². The van der Waals surface area contributed by atoms with E-state index in [0.29, 0.717) is 0 Å². The summed E-state index contributed by atoms with van der Waals surface area (Å²) in [5, 5.41) is 9.43. The molecule has 0 aliphatic carbocycles. The van der Waals surface area contributed by atoms with E-state index < -0.39 is 29.0 Å². The zero-order valence-corrected chi connectivity index (χ0v) is 9.54. The van der Waals surface area contributed by atoms with Gasteiger partial charge in [0, 0.05) is 0 Å². The lowest BCUT2D eigenvalue weighted by atomic mass is 9.98. The number of hydrogen-bond donors (Lipinski definition) is 1. The molecule has 6 heteroatoms. The lowest BCUT2D eigenvalue weighted by Crippen LogP contribution is -2.24. The summed E-state index contributed by atoms with van der Waals surface area (Å²) in [6.45, 7) is 3.40. The van der Waals surface area contributed by atoms with E-state index in [-0.39, 0.29) is 12.0 Å². The molecule has 98 valence electrons. The summed E-state index contributed by atoms with van der Waals surface area (Å²) in [7, 11) is 1.08. The minimum Gasteiger partial charge on any atom is -0.504 e. The van der Waals surface area contributed by atoms with Crippen molar-refractivity contribution >= 4 is 5.78 Å². The fourth-order valence-corrected chi connectivity index (χ4v) is 1.54. The minimum absolute atomic E-state index is 0.0633. The van der Waals surface area contributed by atoms with Gasteiger partial charge in [0.25, 0.3) is 5.78 Å². The SMILES string of the molecule is C=CCc1ccc(O)c(OC)c1C(=O)C(F)(F)F. The molecule has 0 saturated carbocycles. The van der Waals surface area contributed by atoms with Gasteiger partial charge in [-0.05, 0) is 18.1 Å². The van der Waals surface area contributed by atoms with Crippen molar-refractivity contribution in [2.75, 3.05) is 7.11 Å². The second kappa shape index (κ2) is 5.12. The predicted octanol–water partition coefficient (Wildman–Crippen LogP) is 2.87. The van der Waals surface area contributed by atoms with Crippen molar-refractivity contribution in [2.45, 2.75) is 12.6 Å². The summed E-state index contributed by atoms with van der Waals surface area (Å²) in [5.41, 5.74) is -0.577. The van der Waals surface area contributed by atoms with Crippen LogP contribution in [0.3, 0.4) is 0 Å². The molecule has 0 unspecified atom stereocenters. The number of phenolic OH excluding ortho intramolecular Hbond substituents is 1. The van der Waals surface area contributed by atoms with E-state index >= 15 is 0 Å². The Kier molecular flexibility index (Phi) is 4.00. The number of methoxy groups -OCH3 is 1. The monoisotopic (exact) mass is 260 g/mol. The maximum Gasteiger partial charge on any atom is 0.455 e. The van der Waals surface area contributed by atoms with Crippen molar-refractivity contribution in [1.29, 1.82) is 0 Å². The first-order valence-corrected chi connectivity index (χ1v) is 4.94. The number of rotatable bonds is 4. The van der Waals surface area contributed by atoms with Gasteiger partial charge in [0.05, 0.1) is 12.7 Å². The third-order valence-electron chi connectivity index (χ3n) is 2.28. The number of alkyl halides is 3. The van der Waals surface area contributed by atoms with Gasteiger partial charge in [-0.15, -0.1) is 6.58 Å². The molecule has 0 bridgehead atoms. The Hall–Kier alpha value is -1.98. The Labute approximate surface area is 101 Å². The van der Waals surface area contributed by atoms with Gasteiger partial charge in [-0.25, -0.2) is 0 Å². The summed E-state index contributed by atoms with van der Waals surface area (Å²) in [6.07, 6.45) is -3.61. The smallest absolute Gasteiger partial charge is 0.455 e. The predicted molar refractivity (Wildman–Crippen MR) is 58.9 cm³/mol. The number of benzene rings is 1. The molecule has 0 fully saturated rings. The van der Waals surface area contributed by atoms with Crippen LogP contribution in [0.1, 0.15) is 15.9 Å². The number of aromatic hydroxyl groups is 1. The summed E-state index contributed by atoms with van der Waals surface area (Å²) in [5.74, 6) is -3.04. The second-order valence-electron chi connectivity index (χ2n) is 3.47. The molecule has 0 aliphatic rings. The normalized spacial score (nSPS) is 11.1. The number of ketones is 1. The first-order valence-electron chi connectivity index (χ1n) is 4.94. The maximum atomic E-state index is 12.5. The fourth-order valence-electron chi connectivity index (χ4n) is 1.54. The van der Waals surface area contributed by atoms with Crippen molar-refractivity contribution in [3.8, 4) is 11.5 Å². The number of Topliss-reactive ketones (excluding diaryl/α,β-unsaturated/α-hetero) is 1. The zero-order valence-electron chi connectivity index (χ0n) is 9.54. The van der Waals surface area contributed by atoms with Gasteiger partial charge in [0.15, 0.2) is 11.5 Å². The van der Waals surface area contributed by atoms with Crippen LogP contribution in [0.2, 0.25) is 0 Å². The molecule has 3 nitrogen and oxygen atoms in total. The number of hydrogen-bond acceptors (Lipinski definition) is 3. The largest absolute Gasteiger partial charge is 0.504 e. The van der Waals surface area contributed by atoms with Gasteiger partial charge in [-0.3, -0.25) is 4.79 Å². The van der Waals surface area contributed by atoms with E-state index in [2.05, 4.69) is 11.3 Å². The van der Waals surface area contributed by atoms with Gasteiger partial charge < -0.3 is 9.84 Å². The molecule has 0 heterocycles. The summed E-state index contributed by atoms with van der Waals surface area (Å²) in [4.78, 5) is 11.3. The number of allylic oxidation sites excluding steroid dienone is 1. The molecule has 1 rings (SSSR count). The highest BCUT2D eigenvalue weighted by Crippen LogP contribution is 2.36. The molecule has 0 saturated heterocycles. The Balaban J connectivity index is 3.50. The first kappa shape index (κ1) is 14.1. The Morgan fingerprint density at radius 3 is 2.56 bits per heavy atom. The van der Waals surface area contributed by atoms with Gasteiger partial charge in [0.2, 0.25) is 0 Å². The molecular formula is C12H11F3O3. The lowest BCUT2D eigenvalue weighted by molar-refractivity contribution is -0.0887. The Morgan fingerprint density at radius 1 is 1.50 bits per heavy atom. The van der Waals surface area contributed by atoms with Crippen LogP contribution in [0, 0.1) is 0 Å². The standard InChI is InChI=1S/C12H11F3O3/c1-3-4-7-5-6-8(16)10(18-2)9(7)11(17)12(13,14)15/h3,5-6,16H,1,4H2,2H3. The topological polar surface area (TPSA) is 46.5 Å². The number of halogens is 3. The third-order valence-corrected chi connectivity index (χ3v) is 2.28. The highest BCUT2D eigenvalue weighted by Gasteiger charge is 2.42. The molecular weight excluding hydrogens is 249 g/mol. The molecule has 0 aliphatic heterocycles. The molecule has 1 N–H and O–H groups in total. The van der Waals surface area contributed by atoms with Crippen molar-refractivity contribution in [3.63, 3.8) is 0 Å². The molecule has 0 spiro atoms. The van der Waals surface area contributed by atoms with Crippen molar-refractivity contribution < 1.29 is 27.8 Å². The summed E-state index contributed by atoms with van der Waals surface area (Å²) < 4.78 is 42.1. The lowest BCUT2D eigenvalue weighted by Gasteiger charge is -2.14. The second-order valence-corrected chi connectivity index (χ2v) is 3.47. The summed E-state index contributed by atoms with van der Waals surface area (Å²) in [6, 6.07) is 2.41. The van der Waals surface area contributed by atoms with Gasteiger partial charge in [-0.2, -0.15) is 13.2 Å². The fraction of sp³-hybridized carbons (Fsp3) is 0.250. The van der Waals surface area contributed by atoms with E-state index in [0.717, 1.165) is 7.11 Å². The van der Waals surface area contributed by atoms with Crippen LogP contribution in [0.5, 0.6) is 11.5 Å². The molecule has 0 atom stereocenters. The Bertz CT molecular complexity index is 478. The average molecular weight is 260 g/mol. The minimum atomic E-state index is -5.03. The highest BCUT2D eigenvalue weighted by atomic mass is 19.4. The van der Waals surface area contributed by atoms with Crippen LogP contribution in [0.4, 0.5) is 13.2 Å². The van der Waals surface area contributed by atoms with Crippen LogP contribution >= 0.6 is 0 Å².